The second kappa shape index (κ2) is 6.71. The minimum Gasteiger partial charge on any atom is -0.383 e. The van der Waals surface area contributed by atoms with Gasteiger partial charge in [0.15, 0.2) is 5.65 Å². The van der Waals surface area contributed by atoms with E-state index >= 15 is 0 Å². The highest BCUT2D eigenvalue weighted by Gasteiger charge is 2.36. The highest BCUT2D eigenvalue weighted by molar-refractivity contribution is 7.16. The molecule has 31 heavy (non-hydrogen) atoms. The van der Waals surface area contributed by atoms with Gasteiger partial charge >= 0.3 is 0 Å². The summed E-state index contributed by atoms with van der Waals surface area (Å²) in [7, 11) is 0. The lowest BCUT2D eigenvalue weighted by atomic mass is 10.1. The number of carbonyl (C=O) groups excluding carboxylic acids is 1. The summed E-state index contributed by atoms with van der Waals surface area (Å²) in [6.07, 6.45) is 5.35. The summed E-state index contributed by atoms with van der Waals surface area (Å²) >= 11 is 1.59. The molecule has 0 radical (unpaired) electrons. The van der Waals surface area contributed by atoms with Crippen LogP contribution in [0.25, 0.3) is 32.5 Å². The second-order valence-electron chi connectivity index (χ2n) is 7.84. The van der Waals surface area contributed by atoms with Crippen molar-refractivity contribution in [1.82, 2.24) is 29.6 Å². The highest BCUT2D eigenvalue weighted by atomic mass is 32.1. The van der Waals surface area contributed by atoms with E-state index in [4.69, 9.17) is 10.8 Å². The van der Waals surface area contributed by atoms with E-state index in [9.17, 15) is 4.79 Å². The Morgan fingerprint density at radius 2 is 2.16 bits per heavy atom. The van der Waals surface area contributed by atoms with Crippen molar-refractivity contribution < 1.29 is 4.79 Å². The van der Waals surface area contributed by atoms with Gasteiger partial charge in [-0.2, -0.15) is 5.10 Å². The van der Waals surface area contributed by atoms with E-state index in [1.54, 1.807) is 11.3 Å². The van der Waals surface area contributed by atoms with Crippen molar-refractivity contribution >= 4 is 44.3 Å². The van der Waals surface area contributed by atoms with E-state index in [-0.39, 0.29) is 11.9 Å². The maximum absolute atomic E-state index is 12.2. The van der Waals surface area contributed by atoms with E-state index in [2.05, 4.69) is 27.6 Å². The molecule has 0 bridgehead atoms. The quantitative estimate of drug-likeness (QED) is 0.498. The Morgan fingerprint density at radius 3 is 3.03 bits per heavy atom. The molecule has 1 amide bonds. The molecule has 3 aromatic heterocycles. The van der Waals surface area contributed by atoms with E-state index < -0.39 is 0 Å². The molecular formula is C22H19N7OS. The molecule has 8 nitrogen and oxygen atoms in total. The first-order valence-electron chi connectivity index (χ1n) is 10.1. The Labute approximate surface area is 181 Å². The Kier molecular flexibility index (Phi) is 3.94. The van der Waals surface area contributed by atoms with Crippen molar-refractivity contribution in [2.75, 3.05) is 12.3 Å². The molecule has 6 rings (SSSR count). The van der Waals surface area contributed by atoms with Crippen molar-refractivity contribution in [1.29, 1.82) is 0 Å². The number of anilines is 1. The predicted octanol–water partition coefficient (Wildman–Crippen LogP) is 3.69. The number of aromatic nitrogens is 5. The number of allylic oxidation sites excluding steroid dienone is 1. The van der Waals surface area contributed by atoms with Crippen LogP contribution < -0.4 is 5.73 Å². The highest BCUT2D eigenvalue weighted by Crippen LogP contribution is 2.44. The third-order valence-corrected chi connectivity index (χ3v) is 6.98. The van der Waals surface area contributed by atoms with Gasteiger partial charge < -0.3 is 10.6 Å². The predicted molar refractivity (Wildman–Crippen MR) is 120 cm³/mol. The van der Waals surface area contributed by atoms with Gasteiger partial charge in [0.25, 0.3) is 0 Å². The number of likely N-dealkylation sites (tertiary alicyclic amines) is 1. The van der Waals surface area contributed by atoms with Crippen LogP contribution in [0.2, 0.25) is 0 Å². The van der Waals surface area contributed by atoms with Gasteiger partial charge in [-0.05, 0) is 36.6 Å². The minimum atomic E-state index is -0.0407. The number of thiazole rings is 1. The third-order valence-electron chi connectivity index (χ3n) is 6.19. The Bertz CT molecular complexity index is 1420. The normalized spacial score (nSPS) is 18.3. The molecular weight excluding hydrogens is 410 g/mol. The van der Waals surface area contributed by atoms with Crippen LogP contribution >= 0.6 is 11.3 Å². The Balaban J connectivity index is 1.45. The number of nitrogen functional groups attached to an aromatic ring is 1. The van der Waals surface area contributed by atoms with Crippen molar-refractivity contribution in [2.24, 2.45) is 0 Å². The zero-order valence-electron chi connectivity index (χ0n) is 16.7. The molecule has 1 aliphatic heterocycles. The van der Waals surface area contributed by atoms with Crippen molar-refractivity contribution in [3.63, 3.8) is 0 Å². The van der Waals surface area contributed by atoms with Crippen LogP contribution in [0.1, 0.15) is 25.3 Å². The topological polar surface area (TPSA) is 103 Å². The van der Waals surface area contributed by atoms with Crippen LogP contribution in [0.5, 0.6) is 0 Å². The molecule has 9 heteroatoms. The smallest absolute Gasteiger partial charge is 0.250 e. The summed E-state index contributed by atoms with van der Waals surface area (Å²) in [5.74, 6) is 0.374. The number of fused-ring (bicyclic) bond motifs is 2. The molecule has 0 spiro atoms. The zero-order valence-corrected chi connectivity index (χ0v) is 17.5. The largest absolute Gasteiger partial charge is 0.383 e. The van der Waals surface area contributed by atoms with E-state index in [0.29, 0.717) is 5.82 Å². The molecule has 1 atom stereocenters. The van der Waals surface area contributed by atoms with Gasteiger partial charge in [-0.1, -0.05) is 12.6 Å². The fraction of sp³-hybridized carbons (Fsp3) is 0.227. The van der Waals surface area contributed by atoms with E-state index in [0.717, 1.165) is 64.0 Å². The number of hydrogen-bond acceptors (Lipinski definition) is 7. The van der Waals surface area contributed by atoms with E-state index in [1.807, 2.05) is 27.2 Å². The van der Waals surface area contributed by atoms with Crippen LogP contribution in [0.15, 0.2) is 54.0 Å². The summed E-state index contributed by atoms with van der Waals surface area (Å²) < 4.78 is 3.06. The number of carbonyl (C=O) groups is 1. The first-order chi connectivity index (χ1) is 15.1. The van der Waals surface area contributed by atoms with Crippen LogP contribution in [-0.4, -0.2) is 42.1 Å². The van der Waals surface area contributed by atoms with Crippen molar-refractivity contribution in [2.45, 2.75) is 25.3 Å². The minimum absolute atomic E-state index is 0.0407. The van der Waals surface area contributed by atoms with Crippen LogP contribution in [0, 0.1) is 0 Å². The third kappa shape index (κ3) is 2.70. The fourth-order valence-electron chi connectivity index (χ4n) is 4.75. The lowest BCUT2D eigenvalue weighted by Crippen LogP contribution is -2.26. The van der Waals surface area contributed by atoms with Crippen LogP contribution in [0.3, 0.4) is 0 Å². The molecule has 2 N–H and O–H groups in total. The second-order valence-corrected chi connectivity index (χ2v) is 8.73. The summed E-state index contributed by atoms with van der Waals surface area (Å²) in [6, 6.07) is 6.18. The van der Waals surface area contributed by atoms with Crippen LogP contribution in [0.4, 0.5) is 5.82 Å². The molecule has 4 aromatic rings. The van der Waals surface area contributed by atoms with Gasteiger partial charge in [0.2, 0.25) is 5.91 Å². The molecule has 1 unspecified atom stereocenters. The summed E-state index contributed by atoms with van der Waals surface area (Å²) in [4.78, 5) is 27.2. The lowest BCUT2D eigenvalue weighted by Gasteiger charge is -2.20. The molecule has 1 aromatic carbocycles. The average Bonchev–Trinajstić information content (AvgIpc) is 3.54. The molecule has 154 valence electrons. The number of benzene rings is 1. The van der Waals surface area contributed by atoms with Gasteiger partial charge in [-0.15, -0.1) is 11.3 Å². The summed E-state index contributed by atoms with van der Waals surface area (Å²) in [5, 5.41) is 5.74. The summed E-state index contributed by atoms with van der Waals surface area (Å²) in [6.45, 7) is 4.37. The Hall–Kier alpha value is -3.59. The lowest BCUT2D eigenvalue weighted by molar-refractivity contribution is -0.123. The van der Waals surface area contributed by atoms with Crippen LogP contribution in [-0.2, 0) is 4.79 Å². The number of rotatable bonds is 3. The van der Waals surface area contributed by atoms with Crippen molar-refractivity contribution in [3.05, 3.63) is 54.0 Å². The number of hydrogen-bond donors (Lipinski definition) is 1. The van der Waals surface area contributed by atoms with Gasteiger partial charge in [0.05, 0.1) is 27.2 Å². The maximum atomic E-state index is 12.2. The summed E-state index contributed by atoms with van der Waals surface area (Å²) in [5.41, 5.74) is 14.0. The average molecular weight is 430 g/mol. The fourth-order valence-corrected chi connectivity index (χ4v) is 5.47. The van der Waals surface area contributed by atoms with E-state index in [1.165, 1.54) is 18.0 Å². The van der Waals surface area contributed by atoms with Gasteiger partial charge in [-0.25, -0.2) is 19.6 Å². The molecule has 1 aliphatic carbocycles. The standard InChI is InChI=1S/C22H19N7OS/c1-2-18(30)28-6-5-12-7-14(9-16(12)28)29-22-19(21(23)24-10-25-22)20(27-29)13-3-4-15-17(8-13)31-11-26-15/h2-4,8,10-11,14H,1,5-7,9H2,(H2,23,24,25). The number of nitrogens with zero attached hydrogens (tertiary/aromatic N) is 6. The van der Waals surface area contributed by atoms with Crippen molar-refractivity contribution in [3.8, 4) is 11.3 Å². The molecule has 0 fully saturated rings. The molecule has 0 saturated heterocycles. The molecule has 2 aliphatic rings. The monoisotopic (exact) mass is 429 g/mol. The maximum Gasteiger partial charge on any atom is 0.250 e. The zero-order chi connectivity index (χ0) is 21.1. The van der Waals surface area contributed by atoms with Gasteiger partial charge in [-0.3, -0.25) is 4.79 Å². The molecule has 4 heterocycles. The first kappa shape index (κ1) is 18.2. The first-order valence-corrected chi connectivity index (χ1v) is 11.0. The number of nitrogens with two attached hydrogens (primary N) is 1. The van der Waals surface area contributed by atoms with Gasteiger partial charge in [0, 0.05) is 24.2 Å². The SMILES string of the molecule is C=CC(=O)N1CCC2=C1CC(n1nc(-c3ccc4ncsc4c3)c3c(N)ncnc31)C2. The molecule has 0 saturated carbocycles. The Morgan fingerprint density at radius 1 is 1.26 bits per heavy atom. The van der Waals surface area contributed by atoms with Gasteiger partial charge in [0.1, 0.15) is 17.8 Å². The number of amides is 1.